The van der Waals surface area contributed by atoms with E-state index < -0.39 is 5.92 Å². The number of rotatable bonds is 3. The topological polar surface area (TPSA) is 43.4 Å². The van der Waals surface area contributed by atoms with Crippen LogP contribution < -0.4 is 0 Å². The second-order valence-electron chi connectivity index (χ2n) is 10.4. The smallest absolute Gasteiger partial charge is 0.316 e. The fourth-order valence-electron chi connectivity index (χ4n) is 5.75. The third-order valence-corrected chi connectivity index (χ3v) is 9.24. The van der Waals surface area contributed by atoms with Gasteiger partial charge in [0.1, 0.15) is 5.92 Å². The highest BCUT2D eigenvalue weighted by Crippen LogP contribution is 2.66. The van der Waals surface area contributed by atoms with Crippen molar-refractivity contribution in [3.63, 3.8) is 0 Å². The molecule has 0 radical (unpaired) electrons. The summed E-state index contributed by atoms with van der Waals surface area (Å²) in [5.41, 5.74) is -0.301. The van der Waals surface area contributed by atoms with Gasteiger partial charge in [-0.25, -0.2) is 0 Å². The Labute approximate surface area is 146 Å². The van der Waals surface area contributed by atoms with Crippen molar-refractivity contribution < 1.29 is 14.3 Å². The zero-order valence-corrected chi connectivity index (χ0v) is 16.5. The summed E-state index contributed by atoms with van der Waals surface area (Å²) in [5, 5.41) is 0. The van der Waals surface area contributed by atoms with Gasteiger partial charge in [0, 0.05) is 10.8 Å². The number of ether oxygens (including phenoxy) is 1. The predicted octanol–water partition coefficient (Wildman–Crippen LogP) is 4.63. The summed E-state index contributed by atoms with van der Waals surface area (Å²) in [6.07, 6.45) is 4.14. The van der Waals surface area contributed by atoms with Gasteiger partial charge in [-0.05, 0) is 48.3 Å². The largest absolute Gasteiger partial charge is 0.465 e. The van der Waals surface area contributed by atoms with Gasteiger partial charge in [0.15, 0.2) is 5.78 Å². The number of Topliss-reactive ketones (excluding diaryl/α,β-unsaturated/α-hetero) is 1. The average Bonchev–Trinajstić information content (AvgIpc) is 2.91. The molecule has 3 aliphatic carbocycles. The molecule has 0 N–H and O–H groups in total. The molecule has 0 saturated heterocycles. The lowest BCUT2D eigenvalue weighted by Crippen LogP contribution is -2.40. The number of fused-ring (bicyclic) bond motifs is 2. The first-order chi connectivity index (χ1) is 10.9. The van der Waals surface area contributed by atoms with Crippen LogP contribution >= 0.6 is 0 Å². The van der Waals surface area contributed by atoms with Crippen molar-refractivity contribution in [3.8, 4) is 0 Å². The van der Waals surface area contributed by atoms with Gasteiger partial charge < -0.3 is 4.74 Å². The van der Waals surface area contributed by atoms with Gasteiger partial charge >= 0.3 is 5.97 Å². The Morgan fingerprint density at radius 3 is 2.12 bits per heavy atom. The van der Waals surface area contributed by atoms with Crippen molar-refractivity contribution in [2.75, 3.05) is 6.61 Å². The van der Waals surface area contributed by atoms with Gasteiger partial charge in [0.25, 0.3) is 0 Å². The standard InChI is InChI=1S/C21H34O3/c1-13-8-10-20(6,18(13,2)3)12-24-17(23)15-14-9-11-21(7,16(15)22)19(14,4)5/h13-15H,8-12H2,1-7H3/t13-,14-,15+,20+,21-/m0/s1. The second kappa shape index (κ2) is 5.08. The molecule has 3 saturated carbocycles. The molecular weight excluding hydrogens is 300 g/mol. The van der Waals surface area contributed by atoms with Gasteiger partial charge in [-0.2, -0.15) is 0 Å². The second-order valence-corrected chi connectivity index (χ2v) is 10.4. The number of carbonyl (C=O) groups is 2. The summed E-state index contributed by atoms with van der Waals surface area (Å²) < 4.78 is 5.80. The van der Waals surface area contributed by atoms with Gasteiger partial charge in [-0.15, -0.1) is 0 Å². The SMILES string of the molecule is C[C@H]1CC[C@](C)(COC(=O)[C@H]2C(=O)[C@]3(C)CC[C@@H]2C3(C)C)C1(C)C. The van der Waals surface area contributed by atoms with Crippen LogP contribution in [-0.2, 0) is 14.3 Å². The molecule has 0 unspecified atom stereocenters. The molecule has 136 valence electrons. The first kappa shape index (κ1) is 17.9. The lowest BCUT2D eigenvalue weighted by atomic mass is 9.66. The van der Waals surface area contributed by atoms with Crippen molar-refractivity contribution in [3.05, 3.63) is 0 Å². The maximum Gasteiger partial charge on any atom is 0.316 e. The zero-order chi connectivity index (χ0) is 18.1. The molecule has 5 atom stereocenters. The van der Waals surface area contributed by atoms with Gasteiger partial charge in [-0.3, -0.25) is 9.59 Å². The van der Waals surface area contributed by atoms with Gasteiger partial charge in [-0.1, -0.05) is 48.5 Å². The summed E-state index contributed by atoms with van der Waals surface area (Å²) in [5.74, 6) is 0.0920. The van der Waals surface area contributed by atoms with Crippen LogP contribution in [0.2, 0.25) is 0 Å². The summed E-state index contributed by atoms with van der Waals surface area (Å²) in [7, 11) is 0. The van der Waals surface area contributed by atoms with Crippen molar-refractivity contribution in [1.29, 1.82) is 0 Å². The monoisotopic (exact) mass is 334 g/mol. The fraction of sp³-hybridized carbons (Fsp3) is 0.905. The number of hydrogen-bond acceptors (Lipinski definition) is 3. The number of ketones is 1. The Bertz CT molecular complexity index is 576. The number of hydrogen-bond donors (Lipinski definition) is 0. The lowest BCUT2D eigenvalue weighted by Gasteiger charge is -2.40. The van der Waals surface area contributed by atoms with E-state index in [0.29, 0.717) is 12.5 Å². The molecule has 0 aliphatic heterocycles. The normalized spacial score (nSPS) is 45.6. The third-order valence-electron chi connectivity index (χ3n) is 9.24. The van der Waals surface area contributed by atoms with E-state index >= 15 is 0 Å². The molecule has 24 heavy (non-hydrogen) atoms. The molecule has 3 aliphatic rings. The quantitative estimate of drug-likeness (QED) is 0.558. The van der Waals surface area contributed by atoms with Crippen LogP contribution in [0.5, 0.6) is 0 Å². The minimum absolute atomic E-state index is 0.00215. The Kier molecular flexibility index (Phi) is 3.80. The molecule has 3 heteroatoms. The van der Waals surface area contributed by atoms with E-state index in [-0.39, 0.29) is 39.3 Å². The Morgan fingerprint density at radius 1 is 1.04 bits per heavy atom. The fourth-order valence-corrected chi connectivity index (χ4v) is 5.75. The lowest BCUT2D eigenvalue weighted by molar-refractivity contribution is -0.159. The van der Waals surface area contributed by atoms with E-state index in [0.717, 1.165) is 19.3 Å². The molecule has 0 aromatic heterocycles. The molecule has 3 fully saturated rings. The van der Waals surface area contributed by atoms with E-state index in [4.69, 9.17) is 4.74 Å². The highest BCUT2D eigenvalue weighted by molar-refractivity contribution is 6.05. The van der Waals surface area contributed by atoms with Crippen LogP contribution in [0.1, 0.15) is 74.1 Å². The minimum atomic E-state index is -0.538. The Hall–Kier alpha value is -0.860. The van der Waals surface area contributed by atoms with Crippen molar-refractivity contribution in [2.24, 2.45) is 39.4 Å². The molecule has 0 heterocycles. The Balaban J connectivity index is 1.72. The zero-order valence-electron chi connectivity index (χ0n) is 16.5. The molecule has 3 nitrogen and oxygen atoms in total. The molecule has 3 rings (SSSR count). The van der Waals surface area contributed by atoms with E-state index in [9.17, 15) is 9.59 Å². The Morgan fingerprint density at radius 2 is 1.67 bits per heavy atom. The van der Waals surface area contributed by atoms with Crippen molar-refractivity contribution >= 4 is 11.8 Å². The summed E-state index contributed by atoms with van der Waals surface area (Å²) in [6, 6.07) is 0. The first-order valence-electron chi connectivity index (χ1n) is 9.59. The maximum absolute atomic E-state index is 12.9. The van der Waals surface area contributed by atoms with E-state index in [2.05, 4.69) is 41.5 Å². The molecule has 0 aromatic rings. The number of carbonyl (C=O) groups excluding carboxylic acids is 2. The first-order valence-corrected chi connectivity index (χ1v) is 9.59. The van der Waals surface area contributed by atoms with Crippen LogP contribution in [0.3, 0.4) is 0 Å². The van der Waals surface area contributed by atoms with Crippen molar-refractivity contribution in [2.45, 2.75) is 74.1 Å². The van der Waals surface area contributed by atoms with Crippen LogP contribution in [0, 0.1) is 39.4 Å². The molecule has 2 bridgehead atoms. The molecule has 0 aromatic carbocycles. The van der Waals surface area contributed by atoms with E-state index in [1.54, 1.807) is 0 Å². The molecular formula is C21H34O3. The average molecular weight is 335 g/mol. The van der Waals surface area contributed by atoms with Crippen LogP contribution in [-0.4, -0.2) is 18.4 Å². The van der Waals surface area contributed by atoms with Crippen molar-refractivity contribution in [1.82, 2.24) is 0 Å². The van der Waals surface area contributed by atoms with Crippen LogP contribution in [0.25, 0.3) is 0 Å². The predicted molar refractivity (Wildman–Crippen MR) is 94.4 cm³/mol. The van der Waals surface area contributed by atoms with E-state index in [1.165, 1.54) is 6.42 Å². The summed E-state index contributed by atoms with van der Waals surface area (Å²) in [4.78, 5) is 25.7. The van der Waals surface area contributed by atoms with E-state index in [1.807, 2.05) is 6.92 Å². The highest BCUT2D eigenvalue weighted by atomic mass is 16.5. The third kappa shape index (κ3) is 2.02. The van der Waals surface area contributed by atoms with Crippen LogP contribution in [0.4, 0.5) is 0 Å². The maximum atomic E-state index is 12.9. The molecule has 0 amide bonds. The summed E-state index contributed by atoms with van der Waals surface area (Å²) >= 11 is 0. The summed E-state index contributed by atoms with van der Waals surface area (Å²) in [6.45, 7) is 15.9. The van der Waals surface area contributed by atoms with Crippen LogP contribution in [0.15, 0.2) is 0 Å². The van der Waals surface area contributed by atoms with Gasteiger partial charge in [0.05, 0.1) is 6.61 Å². The number of esters is 1. The highest BCUT2D eigenvalue weighted by Gasteiger charge is 2.68. The minimum Gasteiger partial charge on any atom is -0.465 e. The molecule has 0 spiro atoms. The van der Waals surface area contributed by atoms with Gasteiger partial charge in [0.2, 0.25) is 0 Å².